The van der Waals surface area contributed by atoms with Crippen molar-refractivity contribution >= 4 is 22.4 Å². The van der Waals surface area contributed by atoms with Crippen molar-refractivity contribution in [2.75, 3.05) is 6.61 Å². The Balaban J connectivity index is 1.55. The van der Waals surface area contributed by atoms with E-state index in [1.54, 1.807) is 6.08 Å². The fraction of sp³-hybridized carbons (Fsp3) is 0.286. The molecule has 0 amide bonds. The Hall–Kier alpha value is -2.93. The van der Waals surface area contributed by atoms with E-state index in [1.165, 1.54) is 28.7 Å². The number of thiazole rings is 1. The topological polar surface area (TPSA) is 69.6 Å². The summed E-state index contributed by atoms with van der Waals surface area (Å²) in [5.74, 6) is 2.81. The molecule has 6 nitrogen and oxygen atoms in total. The maximum absolute atomic E-state index is 12.6. The Morgan fingerprint density at radius 3 is 2.68 bits per heavy atom. The molecule has 4 rings (SSSR count). The fourth-order valence-electron chi connectivity index (χ4n) is 2.86. The van der Waals surface area contributed by atoms with Crippen LogP contribution in [0.3, 0.4) is 0 Å². The number of hydrogen-bond acceptors (Lipinski definition) is 6. The van der Waals surface area contributed by atoms with Crippen molar-refractivity contribution in [1.82, 2.24) is 14.6 Å². The molecule has 4 aromatic rings. The van der Waals surface area contributed by atoms with Gasteiger partial charge in [-0.1, -0.05) is 31.1 Å². The summed E-state index contributed by atoms with van der Waals surface area (Å²) in [5.41, 5.74) is 0.659. The minimum absolute atomic E-state index is 0.191. The van der Waals surface area contributed by atoms with Crippen molar-refractivity contribution in [3.63, 3.8) is 0 Å². The summed E-state index contributed by atoms with van der Waals surface area (Å²) in [6, 6.07) is 11.3. The van der Waals surface area contributed by atoms with E-state index in [1.807, 2.05) is 43.3 Å². The highest BCUT2D eigenvalue weighted by Crippen LogP contribution is 2.20. The molecule has 3 heterocycles. The minimum atomic E-state index is -0.191. The lowest BCUT2D eigenvalue weighted by Gasteiger charge is -2.05. The number of hydrogen-bond donors (Lipinski definition) is 0. The van der Waals surface area contributed by atoms with Gasteiger partial charge < -0.3 is 9.15 Å². The second-order valence-corrected chi connectivity index (χ2v) is 7.58. The lowest BCUT2D eigenvalue weighted by molar-refractivity contribution is 0.306. The van der Waals surface area contributed by atoms with Gasteiger partial charge in [-0.05, 0) is 49.7 Å². The zero-order valence-electron chi connectivity index (χ0n) is 15.8. The molecule has 0 bridgehead atoms. The van der Waals surface area contributed by atoms with Gasteiger partial charge in [0.05, 0.1) is 6.61 Å². The molecular formula is C21H21N3O3S. The standard InChI is InChI=1S/C21H21N3O3S/c1-3-4-5-12-26-16-10-7-15(8-11-16)19-22-21-24(23-19)20(25)18(28-21)13-17-9-6-14(2)27-17/h6-11,13H,3-5,12H2,1-2H3/b18-13-. The van der Waals surface area contributed by atoms with Crippen LogP contribution in [0.1, 0.15) is 37.7 Å². The van der Waals surface area contributed by atoms with Crippen LogP contribution >= 0.6 is 11.3 Å². The zero-order chi connectivity index (χ0) is 19.5. The molecule has 3 aromatic heterocycles. The molecule has 28 heavy (non-hydrogen) atoms. The molecule has 144 valence electrons. The first-order valence-electron chi connectivity index (χ1n) is 9.35. The van der Waals surface area contributed by atoms with E-state index in [0.717, 1.165) is 30.1 Å². The number of benzene rings is 1. The number of nitrogens with zero attached hydrogens (tertiary/aromatic N) is 3. The average molecular weight is 395 g/mol. The monoisotopic (exact) mass is 395 g/mol. The van der Waals surface area contributed by atoms with Crippen LogP contribution in [0.15, 0.2) is 45.6 Å². The smallest absolute Gasteiger partial charge is 0.291 e. The van der Waals surface area contributed by atoms with Crippen LogP contribution in [0.2, 0.25) is 0 Å². The molecule has 0 spiro atoms. The van der Waals surface area contributed by atoms with Gasteiger partial charge in [-0.15, -0.1) is 5.10 Å². The maximum atomic E-state index is 12.6. The van der Waals surface area contributed by atoms with Gasteiger partial charge in [0, 0.05) is 11.6 Å². The molecular weight excluding hydrogens is 374 g/mol. The molecule has 7 heteroatoms. The average Bonchev–Trinajstić information content (AvgIpc) is 3.37. The van der Waals surface area contributed by atoms with Gasteiger partial charge in [-0.3, -0.25) is 4.79 Å². The van der Waals surface area contributed by atoms with Gasteiger partial charge >= 0.3 is 0 Å². The molecule has 0 fully saturated rings. The summed E-state index contributed by atoms with van der Waals surface area (Å²) in [5, 5.41) is 4.38. The number of unbranched alkanes of at least 4 members (excludes halogenated alkanes) is 2. The molecule has 0 radical (unpaired) electrons. The summed E-state index contributed by atoms with van der Waals surface area (Å²) in [6.45, 7) is 4.76. The Kier molecular flexibility index (Phi) is 5.25. The van der Waals surface area contributed by atoms with Gasteiger partial charge in [0.1, 0.15) is 21.8 Å². The molecule has 1 aromatic carbocycles. The first-order valence-corrected chi connectivity index (χ1v) is 10.2. The van der Waals surface area contributed by atoms with E-state index in [9.17, 15) is 4.79 Å². The molecule has 0 unspecified atom stereocenters. The molecule has 0 saturated carbocycles. The highest BCUT2D eigenvalue weighted by atomic mass is 32.1. The van der Waals surface area contributed by atoms with Crippen LogP contribution < -0.4 is 14.8 Å². The largest absolute Gasteiger partial charge is 0.494 e. The third kappa shape index (κ3) is 3.84. The van der Waals surface area contributed by atoms with Crippen molar-refractivity contribution in [1.29, 1.82) is 0 Å². The minimum Gasteiger partial charge on any atom is -0.494 e. The first kappa shape index (κ1) is 18.4. The van der Waals surface area contributed by atoms with Gasteiger partial charge in [-0.25, -0.2) is 0 Å². The lowest BCUT2D eigenvalue weighted by atomic mass is 10.2. The fourth-order valence-corrected chi connectivity index (χ4v) is 3.75. The number of furan rings is 1. The van der Waals surface area contributed by atoms with E-state index in [0.29, 0.717) is 21.1 Å². The SMILES string of the molecule is CCCCCOc1ccc(-c2nc3s/c(=C\c4ccc(C)o4)c(=O)n3n2)cc1. The summed E-state index contributed by atoms with van der Waals surface area (Å²) in [4.78, 5) is 17.7. The third-order valence-corrected chi connectivity index (χ3v) is 5.30. The summed E-state index contributed by atoms with van der Waals surface area (Å²) in [7, 11) is 0. The highest BCUT2D eigenvalue weighted by Gasteiger charge is 2.12. The Bertz CT molecular complexity index is 1190. The van der Waals surface area contributed by atoms with Crippen molar-refractivity contribution < 1.29 is 9.15 Å². The van der Waals surface area contributed by atoms with E-state index in [4.69, 9.17) is 9.15 Å². The van der Waals surface area contributed by atoms with Crippen LogP contribution in [-0.4, -0.2) is 21.2 Å². The van der Waals surface area contributed by atoms with E-state index >= 15 is 0 Å². The van der Waals surface area contributed by atoms with E-state index < -0.39 is 0 Å². The second-order valence-electron chi connectivity index (χ2n) is 6.57. The zero-order valence-corrected chi connectivity index (χ0v) is 16.7. The van der Waals surface area contributed by atoms with E-state index in [2.05, 4.69) is 17.0 Å². The van der Waals surface area contributed by atoms with Gasteiger partial charge in [0.2, 0.25) is 4.96 Å². The maximum Gasteiger partial charge on any atom is 0.291 e. The van der Waals surface area contributed by atoms with Crippen LogP contribution in [0, 0.1) is 6.92 Å². The van der Waals surface area contributed by atoms with Crippen LogP contribution in [-0.2, 0) is 0 Å². The van der Waals surface area contributed by atoms with Crippen molar-refractivity contribution in [3.05, 3.63) is 62.8 Å². The Morgan fingerprint density at radius 2 is 2.00 bits per heavy atom. The van der Waals surface area contributed by atoms with Gasteiger partial charge in [-0.2, -0.15) is 9.50 Å². The quantitative estimate of drug-likeness (QED) is 0.445. The van der Waals surface area contributed by atoms with Crippen LogP contribution in [0.5, 0.6) is 5.75 Å². The molecule has 0 aliphatic carbocycles. The van der Waals surface area contributed by atoms with Crippen LogP contribution in [0.4, 0.5) is 0 Å². The summed E-state index contributed by atoms with van der Waals surface area (Å²) < 4.78 is 13.1. The number of fused-ring (bicyclic) bond motifs is 1. The number of ether oxygens (including phenoxy) is 1. The molecule has 0 N–H and O–H groups in total. The highest BCUT2D eigenvalue weighted by molar-refractivity contribution is 7.15. The number of aromatic nitrogens is 3. The molecule has 0 saturated heterocycles. The summed E-state index contributed by atoms with van der Waals surface area (Å²) >= 11 is 1.30. The predicted octanol–water partition coefficient (Wildman–Crippen LogP) is 3.84. The van der Waals surface area contributed by atoms with E-state index in [-0.39, 0.29) is 5.56 Å². The first-order chi connectivity index (χ1) is 13.6. The summed E-state index contributed by atoms with van der Waals surface area (Å²) in [6.07, 6.45) is 5.12. The van der Waals surface area contributed by atoms with Gasteiger partial charge in [0.25, 0.3) is 5.56 Å². The molecule has 0 aliphatic rings. The lowest BCUT2D eigenvalue weighted by Crippen LogP contribution is -2.23. The van der Waals surface area contributed by atoms with Gasteiger partial charge in [0.15, 0.2) is 5.82 Å². The predicted molar refractivity (Wildman–Crippen MR) is 110 cm³/mol. The van der Waals surface area contributed by atoms with Crippen molar-refractivity contribution in [2.45, 2.75) is 33.1 Å². The Labute approximate surface area is 166 Å². The second kappa shape index (κ2) is 7.98. The normalized spacial score (nSPS) is 12.1. The Morgan fingerprint density at radius 1 is 1.18 bits per heavy atom. The van der Waals surface area contributed by atoms with Crippen molar-refractivity contribution in [3.8, 4) is 17.1 Å². The van der Waals surface area contributed by atoms with Crippen molar-refractivity contribution in [2.24, 2.45) is 0 Å². The molecule has 0 atom stereocenters. The van der Waals surface area contributed by atoms with Crippen LogP contribution in [0.25, 0.3) is 22.4 Å². The third-order valence-electron chi connectivity index (χ3n) is 4.35. The number of rotatable bonds is 7. The molecule has 0 aliphatic heterocycles. The number of aryl methyl sites for hydroxylation is 1.